The number of fused-ring (bicyclic) bond motifs is 3. The molecule has 0 saturated carbocycles. The van der Waals surface area contributed by atoms with Crippen LogP contribution in [-0.4, -0.2) is 27.5 Å². The van der Waals surface area contributed by atoms with Crippen molar-refractivity contribution in [2.24, 2.45) is 0 Å². The van der Waals surface area contributed by atoms with Crippen molar-refractivity contribution in [1.82, 2.24) is 0 Å². The molecule has 0 saturated heterocycles. The third-order valence-electron chi connectivity index (χ3n) is 4.11. The lowest BCUT2D eigenvalue weighted by Crippen LogP contribution is -2.48. The first-order valence-corrected chi connectivity index (χ1v) is 7.27. The zero-order chi connectivity index (χ0) is 16.3. The second-order valence-electron chi connectivity index (χ2n) is 6.97. The van der Waals surface area contributed by atoms with E-state index in [2.05, 4.69) is 0 Å². The SMILES string of the molecule is CC(C)(O)C1Oc2ccc3ccc(=O)oc3c2C1C(C)(C)O. The molecule has 22 heavy (non-hydrogen) atoms. The normalized spacial score (nSPS) is 21.7. The Labute approximate surface area is 128 Å². The van der Waals surface area contributed by atoms with Gasteiger partial charge in [-0.25, -0.2) is 4.79 Å². The first-order chi connectivity index (χ1) is 10.1. The maximum absolute atomic E-state index is 11.6. The summed E-state index contributed by atoms with van der Waals surface area (Å²) in [6, 6.07) is 6.62. The molecule has 2 atom stereocenters. The van der Waals surface area contributed by atoms with E-state index in [1.165, 1.54) is 6.07 Å². The van der Waals surface area contributed by atoms with Crippen LogP contribution in [0.2, 0.25) is 0 Å². The minimum atomic E-state index is -1.16. The van der Waals surface area contributed by atoms with Crippen LogP contribution in [0.15, 0.2) is 33.5 Å². The van der Waals surface area contributed by atoms with E-state index in [4.69, 9.17) is 9.15 Å². The highest BCUT2D eigenvalue weighted by atomic mass is 16.5. The number of hydrogen-bond donors (Lipinski definition) is 2. The fraction of sp³-hybridized carbons (Fsp3) is 0.471. The van der Waals surface area contributed by atoms with E-state index in [9.17, 15) is 15.0 Å². The molecule has 0 radical (unpaired) electrons. The largest absolute Gasteiger partial charge is 0.486 e. The lowest BCUT2D eigenvalue weighted by molar-refractivity contribution is -0.0743. The zero-order valence-corrected chi connectivity index (χ0v) is 13.1. The van der Waals surface area contributed by atoms with Crippen molar-refractivity contribution in [3.05, 3.63) is 40.2 Å². The van der Waals surface area contributed by atoms with E-state index in [1.54, 1.807) is 45.9 Å². The molecule has 1 aliphatic rings. The molecule has 0 amide bonds. The lowest BCUT2D eigenvalue weighted by atomic mass is 9.76. The first-order valence-electron chi connectivity index (χ1n) is 7.27. The summed E-state index contributed by atoms with van der Waals surface area (Å²) in [5, 5.41) is 21.8. The van der Waals surface area contributed by atoms with Crippen LogP contribution in [0, 0.1) is 0 Å². The predicted octanol–water partition coefficient (Wildman–Crippen LogP) is 2.18. The van der Waals surface area contributed by atoms with Crippen LogP contribution < -0.4 is 10.4 Å². The molecule has 5 heteroatoms. The van der Waals surface area contributed by atoms with E-state index in [0.717, 1.165) is 5.39 Å². The van der Waals surface area contributed by atoms with E-state index < -0.39 is 28.8 Å². The van der Waals surface area contributed by atoms with Gasteiger partial charge in [-0.05, 0) is 45.9 Å². The van der Waals surface area contributed by atoms with Crippen LogP contribution in [0.5, 0.6) is 5.75 Å². The number of aliphatic hydroxyl groups is 2. The van der Waals surface area contributed by atoms with Gasteiger partial charge in [0.2, 0.25) is 0 Å². The number of hydrogen-bond acceptors (Lipinski definition) is 5. The molecule has 3 rings (SSSR count). The fourth-order valence-electron chi connectivity index (χ4n) is 3.17. The quantitative estimate of drug-likeness (QED) is 0.831. The molecule has 2 aromatic rings. The molecule has 118 valence electrons. The van der Waals surface area contributed by atoms with Crippen LogP contribution in [0.1, 0.15) is 39.2 Å². The van der Waals surface area contributed by atoms with E-state index in [1.807, 2.05) is 0 Å². The summed E-state index contributed by atoms with van der Waals surface area (Å²) >= 11 is 0. The zero-order valence-electron chi connectivity index (χ0n) is 13.1. The summed E-state index contributed by atoms with van der Waals surface area (Å²) in [6.45, 7) is 6.60. The van der Waals surface area contributed by atoms with Gasteiger partial charge in [-0.2, -0.15) is 0 Å². The van der Waals surface area contributed by atoms with Gasteiger partial charge >= 0.3 is 5.63 Å². The topological polar surface area (TPSA) is 79.9 Å². The van der Waals surface area contributed by atoms with Crippen LogP contribution in [0.3, 0.4) is 0 Å². The van der Waals surface area contributed by atoms with E-state index in [0.29, 0.717) is 16.9 Å². The van der Waals surface area contributed by atoms with Gasteiger partial charge in [0.1, 0.15) is 17.4 Å². The van der Waals surface area contributed by atoms with Gasteiger partial charge in [0.05, 0.1) is 17.1 Å². The Morgan fingerprint density at radius 3 is 2.23 bits per heavy atom. The Bertz CT molecular complexity index is 776. The molecule has 2 N–H and O–H groups in total. The molecule has 0 aliphatic carbocycles. The summed E-state index contributed by atoms with van der Waals surface area (Å²) < 4.78 is 11.2. The van der Waals surface area contributed by atoms with Crippen LogP contribution >= 0.6 is 0 Å². The Morgan fingerprint density at radius 1 is 1.00 bits per heavy atom. The van der Waals surface area contributed by atoms with Gasteiger partial charge in [0.15, 0.2) is 0 Å². The maximum Gasteiger partial charge on any atom is 0.336 e. The van der Waals surface area contributed by atoms with Gasteiger partial charge in [-0.15, -0.1) is 0 Å². The second-order valence-corrected chi connectivity index (χ2v) is 6.97. The number of ether oxygens (including phenoxy) is 1. The number of benzene rings is 1. The minimum Gasteiger partial charge on any atom is -0.486 e. The van der Waals surface area contributed by atoms with Gasteiger partial charge < -0.3 is 19.4 Å². The summed E-state index contributed by atoms with van der Waals surface area (Å²) in [5.74, 6) is 0.0119. The molecule has 2 heterocycles. The minimum absolute atomic E-state index is 0.406. The first kappa shape index (κ1) is 15.1. The summed E-state index contributed by atoms with van der Waals surface area (Å²) in [4.78, 5) is 11.6. The average molecular weight is 304 g/mol. The molecule has 1 aromatic carbocycles. The maximum atomic E-state index is 11.6. The Hall–Kier alpha value is -1.85. The Kier molecular flexibility index (Phi) is 3.13. The van der Waals surface area contributed by atoms with Crippen molar-refractivity contribution in [3.8, 4) is 5.75 Å². The molecule has 0 bridgehead atoms. The molecule has 0 spiro atoms. The van der Waals surface area contributed by atoms with Gasteiger partial charge in [0, 0.05) is 17.0 Å². The van der Waals surface area contributed by atoms with Crippen molar-refractivity contribution < 1.29 is 19.4 Å². The third kappa shape index (κ3) is 2.30. The molecular formula is C17H20O5. The van der Waals surface area contributed by atoms with Crippen molar-refractivity contribution in [1.29, 1.82) is 0 Å². The summed E-state index contributed by atoms with van der Waals surface area (Å²) in [5.41, 5.74) is -1.73. The van der Waals surface area contributed by atoms with Gasteiger partial charge in [-0.1, -0.05) is 0 Å². The monoisotopic (exact) mass is 304 g/mol. The van der Waals surface area contributed by atoms with Gasteiger partial charge in [-0.3, -0.25) is 0 Å². The molecule has 2 unspecified atom stereocenters. The van der Waals surface area contributed by atoms with E-state index >= 15 is 0 Å². The number of rotatable bonds is 2. The van der Waals surface area contributed by atoms with Crippen LogP contribution in [0.25, 0.3) is 11.0 Å². The van der Waals surface area contributed by atoms with Gasteiger partial charge in [0.25, 0.3) is 0 Å². The highest BCUT2D eigenvalue weighted by molar-refractivity contribution is 5.83. The summed E-state index contributed by atoms with van der Waals surface area (Å²) in [6.07, 6.45) is -0.640. The van der Waals surface area contributed by atoms with Crippen LogP contribution in [-0.2, 0) is 0 Å². The summed E-state index contributed by atoms with van der Waals surface area (Å²) in [7, 11) is 0. The molecule has 0 fully saturated rings. The molecule has 5 nitrogen and oxygen atoms in total. The van der Waals surface area contributed by atoms with Crippen molar-refractivity contribution in [2.75, 3.05) is 0 Å². The predicted molar refractivity (Wildman–Crippen MR) is 82.2 cm³/mol. The highest BCUT2D eigenvalue weighted by Crippen LogP contribution is 2.49. The molecular weight excluding hydrogens is 284 g/mol. The second kappa shape index (κ2) is 4.57. The third-order valence-corrected chi connectivity index (χ3v) is 4.11. The van der Waals surface area contributed by atoms with E-state index in [-0.39, 0.29) is 0 Å². The van der Waals surface area contributed by atoms with Crippen molar-refractivity contribution >= 4 is 11.0 Å². The lowest BCUT2D eigenvalue weighted by Gasteiger charge is -2.36. The standard InChI is InChI=1S/C17H20O5/c1-16(2,19)13-12-10(21-15(13)17(3,4)20)7-5-9-6-8-11(18)22-14(9)12/h5-8,13,15,19-20H,1-4H3. The smallest absolute Gasteiger partial charge is 0.336 e. The molecule has 1 aromatic heterocycles. The van der Waals surface area contributed by atoms with Crippen molar-refractivity contribution in [2.45, 2.75) is 50.9 Å². The van der Waals surface area contributed by atoms with Crippen LogP contribution in [0.4, 0.5) is 0 Å². The molecule has 1 aliphatic heterocycles. The highest BCUT2D eigenvalue weighted by Gasteiger charge is 2.50. The van der Waals surface area contributed by atoms with Crippen molar-refractivity contribution in [3.63, 3.8) is 0 Å². The average Bonchev–Trinajstić information content (AvgIpc) is 2.78. The Balaban J connectivity index is 2.32. The Morgan fingerprint density at radius 2 is 1.64 bits per heavy atom. The fourth-order valence-corrected chi connectivity index (χ4v) is 3.17.